The fraction of sp³-hybridized carbons (Fsp3) is 0.500. The zero-order valence-electron chi connectivity index (χ0n) is 9.61. The van der Waals surface area contributed by atoms with Gasteiger partial charge in [0.1, 0.15) is 5.82 Å². The molecule has 0 fully saturated rings. The van der Waals surface area contributed by atoms with E-state index in [9.17, 15) is 9.50 Å². The lowest BCUT2D eigenvalue weighted by atomic mass is 9.96. The van der Waals surface area contributed by atoms with Gasteiger partial charge >= 0.3 is 0 Å². The third-order valence-electron chi connectivity index (χ3n) is 2.66. The van der Waals surface area contributed by atoms with Crippen molar-refractivity contribution in [2.45, 2.75) is 38.8 Å². The molecule has 0 saturated carbocycles. The van der Waals surface area contributed by atoms with Gasteiger partial charge in [0.05, 0.1) is 6.10 Å². The first-order chi connectivity index (χ1) is 7.07. The smallest absolute Gasteiger partial charge is 0.126 e. The summed E-state index contributed by atoms with van der Waals surface area (Å²) in [7, 11) is 0. The lowest BCUT2D eigenvalue weighted by molar-refractivity contribution is 0.140. The fourth-order valence-corrected chi connectivity index (χ4v) is 1.67. The van der Waals surface area contributed by atoms with Gasteiger partial charge in [-0.1, -0.05) is 25.5 Å². The highest BCUT2D eigenvalue weighted by atomic mass is 35.5. The van der Waals surface area contributed by atoms with Crippen LogP contribution < -0.4 is 5.73 Å². The molecule has 4 heteroatoms. The summed E-state index contributed by atoms with van der Waals surface area (Å²) in [6, 6.07) is 4.38. The van der Waals surface area contributed by atoms with Crippen LogP contribution in [0.15, 0.2) is 18.2 Å². The highest BCUT2D eigenvalue weighted by molar-refractivity contribution is 5.85. The highest BCUT2D eigenvalue weighted by Gasteiger charge is 2.18. The summed E-state index contributed by atoms with van der Waals surface area (Å²) >= 11 is 0. The molecule has 0 aliphatic heterocycles. The molecule has 0 aliphatic carbocycles. The van der Waals surface area contributed by atoms with E-state index in [-0.39, 0.29) is 24.3 Å². The number of halogens is 2. The Morgan fingerprint density at radius 2 is 2.06 bits per heavy atom. The molecule has 1 aromatic carbocycles. The maximum atomic E-state index is 13.2. The Morgan fingerprint density at radius 3 is 2.62 bits per heavy atom. The number of aliphatic hydroxyl groups is 1. The Hall–Kier alpha value is -0.640. The van der Waals surface area contributed by atoms with Crippen LogP contribution in [0.2, 0.25) is 0 Å². The van der Waals surface area contributed by atoms with Crippen LogP contribution in [-0.4, -0.2) is 11.1 Å². The first kappa shape index (κ1) is 15.4. The maximum absolute atomic E-state index is 13.2. The molecule has 3 N–H and O–H groups in total. The second kappa shape index (κ2) is 6.84. The number of hydrogen-bond acceptors (Lipinski definition) is 2. The Balaban J connectivity index is 0.00000225. The molecule has 0 aromatic heterocycles. The summed E-state index contributed by atoms with van der Waals surface area (Å²) in [6.45, 7) is 3.66. The molecule has 2 atom stereocenters. The molecule has 0 saturated heterocycles. The molecule has 0 unspecified atom stereocenters. The number of nitrogens with two attached hydrogens (primary N) is 1. The lowest BCUT2D eigenvalue weighted by Crippen LogP contribution is -2.28. The summed E-state index contributed by atoms with van der Waals surface area (Å²) in [6.07, 6.45) is 0.865. The van der Waals surface area contributed by atoms with Crippen molar-refractivity contribution in [3.63, 3.8) is 0 Å². The third-order valence-corrected chi connectivity index (χ3v) is 2.66. The first-order valence-electron chi connectivity index (χ1n) is 5.26. The van der Waals surface area contributed by atoms with Gasteiger partial charge in [0.2, 0.25) is 0 Å². The maximum Gasteiger partial charge on any atom is 0.126 e. The minimum atomic E-state index is -0.777. The van der Waals surface area contributed by atoms with Crippen molar-refractivity contribution >= 4 is 12.4 Å². The average molecular weight is 248 g/mol. The Labute approximate surface area is 102 Å². The molecule has 0 heterocycles. The lowest BCUT2D eigenvalue weighted by Gasteiger charge is -2.20. The summed E-state index contributed by atoms with van der Waals surface area (Å²) in [4.78, 5) is 0. The van der Waals surface area contributed by atoms with Crippen molar-refractivity contribution in [1.29, 1.82) is 0 Å². The molecule has 0 aliphatic rings. The van der Waals surface area contributed by atoms with Crippen molar-refractivity contribution in [1.82, 2.24) is 0 Å². The van der Waals surface area contributed by atoms with E-state index in [1.807, 2.05) is 6.92 Å². The van der Waals surface area contributed by atoms with Gasteiger partial charge < -0.3 is 10.8 Å². The quantitative estimate of drug-likeness (QED) is 0.860. The molecule has 0 spiro atoms. The van der Waals surface area contributed by atoms with E-state index in [1.54, 1.807) is 19.1 Å². The zero-order chi connectivity index (χ0) is 11.4. The number of aliphatic hydroxyl groups excluding tert-OH is 1. The van der Waals surface area contributed by atoms with Gasteiger partial charge in [-0.15, -0.1) is 12.4 Å². The van der Waals surface area contributed by atoms with E-state index in [4.69, 9.17) is 5.73 Å². The number of benzene rings is 1. The van der Waals surface area contributed by atoms with Gasteiger partial charge in [0.15, 0.2) is 0 Å². The van der Waals surface area contributed by atoms with Crippen molar-refractivity contribution < 1.29 is 9.50 Å². The normalized spacial score (nSPS) is 14.1. The molecule has 1 aromatic rings. The van der Waals surface area contributed by atoms with Crippen LogP contribution in [0, 0.1) is 12.7 Å². The predicted molar refractivity (Wildman–Crippen MR) is 66.2 cm³/mol. The summed E-state index contributed by atoms with van der Waals surface area (Å²) < 4.78 is 13.2. The Morgan fingerprint density at radius 1 is 1.44 bits per heavy atom. The second-order valence-corrected chi connectivity index (χ2v) is 3.85. The van der Waals surface area contributed by atoms with Crippen molar-refractivity contribution in [3.8, 4) is 0 Å². The molecule has 16 heavy (non-hydrogen) atoms. The topological polar surface area (TPSA) is 46.2 Å². The predicted octanol–water partition coefficient (Wildman–Crippen LogP) is 2.72. The van der Waals surface area contributed by atoms with Gasteiger partial charge in [-0.05, 0) is 30.5 Å². The van der Waals surface area contributed by atoms with E-state index in [1.165, 1.54) is 6.07 Å². The van der Waals surface area contributed by atoms with Crippen LogP contribution in [0.1, 0.15) is 37.0 Å². The second-order valence-electron chi connectivity index (χ2n) is 3.85. The van der Waals surface area contributed by atoms with Crippen molar-refractivity contribution in [2.24, 2.45) is 5.73 Å². The van der Waals surface area contributed by atoms with Crippen LogP contribution in [0.4, 0.5) is 4.39 Å². The molecule has 0 radical (unpaired) electrons. The van der Waals surface area contributed by atoms with Gasteiger partial charge in [-0.2, -0.15) is 0 Å². The van der Waals surface area contributed by atoms with E-state index >= 15 is 0 Å². The molecule has 2 nitrogen and oxygen atoms in total. The summed E-state index contributed by atoms with van der Waals surface area (Å²) in [5.41, 5.74) is 6.88. The average Bonchev–Trinajstić information content (AvgIpc) is 2.21. The SMILES string of the molecule is CCC[C@@H](N)[C@@H](O)c1cccc(F)c1C.Cl. The molecular weight excluding hydrogens is 229 g/mol. The minimum Gasteiger partial charge on any atom is -0.387 e. The zero-order valence-corrected chi connectivity index (χ0v) is 10.4. The number of rotatable bonds is 4. The Bertz CT molecular complexity index is 333. The number of hydrogen-bond donors (Lipinski definition) is 2. The molecule has 0 bridgehead atoms. The summed E-state index contributed by atoms with van der Waals surface area (Å²) in [5.74, 6) is -0.296. The van der Waals surface area contributed by atoms with Gasteiger partial charge in [0, 0.05) is 6.04 Å². The molecule has 0 amide bonds. The third kappa shape index (κ3) is 3.44. The van der Waals surface area contributed by atoms with Crippen LogP contribution in [-0.2, 0) is 0 Å². The molecular formula is C12H19ClFNO. The monoisotopic (exact) mass is 247 g/mol. The van der Waals surface area contributed by atoms with Gasteiger partial charge in [-0.3, -0.25) is 0 Å². The summed E-state index contributed by atoms with van der Waals surface area (Å²) in [5, 5.41) is 9.93. The van der Waals surface area contributed by atoms with Gasteiger partial charge in [0.25, 0.3) is 0 Å². The van der Waals surface area contributed by atoms with E-state index in [0.717, 1.165) is 12.8 Å². The van der Waals surface area contributed by atoms with Crippen LogP contribution in [0.25, 0.3) is 0 Å². The molecule has 1 rings (SSSR count). The van der Waals surface area contributed by atoms with Crippen molar-refractivity contribution in [3.05, 3.63) is 35.1 Å². The Kier molecular flexibility index (Phi) is 6.56. The van der Waals surface area contributed by atoms with Crippen LogP contribution >= 0.6 is 12.4 Å². The fourth-order valence-electron chi connectivity index (χ4n) is 1.67. The van der Waals surface area contributed by atoms with E-state index in [2.05, 4.69) is 0 Å². The van der Waals surface area contributed by atoms with E-state index in [0.29, 0.717) is 11.1 Å². The minimum absolute atomic E-state index is 0. The molecule has 92 valence electrons. The van der Waals surface area contributed by atoms with E-state index < -0.39 is 6.10 Å². The largest absolute Gasteiger partial charge is 0.387 e. The standard InChI is InChI=1S/C12H18FNO.ClH/c1-3-5-11(14)12(15)9-6-4-7-10(13)8(9)2;/h4,6-7,11-12,15H,3,5,14H2,1-2H3;1H/t11-,12+;/m1./s1. The first-order valence-corrected chi connectivity index (χ1v) is 5.26. The highest BCUT2D eigenvalue weighted by Crippen LogP contribution is 2.23. The van der Waals surface area contributed by atoms with Crippen LogP contribution in [0.3, 0.4) is 0 Å². The van der Waals surface area contributed by atoms with Crippen molar-refractivity contribution in [2.75, 3.05) is 0 Å². The van der Waals surface area contributed by atoms with Crippen LogP contribution in [0.5, 0.6) is 0 Å². The van der Waals surface area contributed by atoms with Gasteiger partial charge in [-0.25, -0.2) is 4.39 Å².